The van der Waals surface area contributed by atoms with Gasteiger partial charge in [-0.15, -0.1) is 0 Å². The Labute approximate surface area is 123 Å². The van der Waals surface area contributed by atoms with Gasteiger partial charge in [0.2, 0.25) is 0 Å². The second kappa shape index (κ2) is 6.13. The van der Waals surface area contributed by atoms with Crippen molar-refractivity contribution < 1.29 is 9.21 Å². The summed E-state index contributed by atoms with van der Waals surface area (Å²) in [6.07, 6.45) is 3.51. The van der Waals surface area contributed by atoms with Gasteiger partial charge in [0.15, 0.2) is 5.76 Å². The topological polar surface area (TPSA) is 47.2 Å². The molecular formula is C17H16N2O2. The molecule has 2 heterocycles. The van der Waals surface area contributed by atoms with Crippen molar-refractivity contribution >= 4 is 5.91 Å². The lowest BCUT2D eigenvalue weighted by molar-refractivity contribution is 0.0922. The zero-order valence-electron chi connectivity index (χ0n) is 11.5. The molecule has 4 nitrogen and oxygen atoms in total. The molecule has 3 aromatic rings. The van der Waals surface area contributed by atoms with Crippen molar-refractivity contribution in [2.45, 2.75) is 13.1 Å². The van der Waals surface area contributed by atoms with Crippen LogP contribution in [-0.2, 0) is 13.1 Å². The van der Waals surface area contributed by atoms with Gasteiger partial charge in [-0.05, 0) is 29.8 Å². The zero-order chi connectivity index (χ0) is 14.5. The van der Waals surface area contributed by atoms with Crippen LogP contribution in [-0.4, -0.2) is 10.5 Å². The molecule has 0 aliphatic heterocycles. The first kappa shape index (κ1) is 13.2. The Morgan fingerprint density at radius 2 is 1.90 bits per heavy atom. The van der Waals surface area contributed by atoms with Crippen LogP contribution < -0.4 is 5.32 Å². The lowest BCUT2D eigenvalue weighted by Gasteiger charge is -2.10. The number of rotatable bonds is 5. The lowest BCUT2D eigenvalue weighted by Crippen LogP contribution is -2.23. The van der Waals surface area contributed by atoms with Crippen molar-refractivity contribution in [3.05, 3.63) is 84.1 Å². The Balaban J connectivity index is 1.64. The van der Waals surface area contributed by atoms with Crippen LogP contribution in [0, 0.1) is 0 Å². The van der Waals surface area contributed by atoms with Gasteiger partial charge in [-0.2, -0.15) is 0 Å². The van der Waals surface area contributed by atoms with E-state index in [2.05, 4.69) is 22.0 Å². The highest BCUT2D eigenvalue weighted by atomic mass is 16.3. The zero-order valence-corrected chi connectivity index (χ0v) is 11.5. The molecule has 0 aliphatic carbocycles. The number of carbonyl (C=O) groups is 1. The van der Waals surface area contributed by atoms with Crippen molar-refractivity contribution in [2.24, 2.45) is 0 Å². The molecule has 1 aromatic carbocycles. The Kier molecular flexibility index (Phi) is 3.87. The van der Waals surface area contributed by atoms with Gasteiger partial charge in [0.05, 0.1) is 12.8 Å². The number of furan rings is 1. The first-order chi connectivity index (χ1) is 10.3. The maximum Gasteiger partial charge on any atom is 0.287 e. The molecular weight excluding hydrogens is 264 g/mol. The maximum atomic E-state index is 11.9. The Morgan fingerprint density at radius 1 is 1.05 bits per heavy atom. The summed E-state index contributed by atoms with van der Waals surface area (Å²) in [7, 11) is 0. The highest BCUT2D eigenvalue weighted by Gasteiger charge is 2.09. The highest BCUT2D eigenvalue weighted by Crippen LogP contribution is 2.08. The summed E-state index contributed by atoms with van der Waals surface area (Å²) in [6.45, 7) is 1.26. The molecule has 0 aliphatic rings. The van der Waals surface area contributed by atoms with Crippen LogP contribution in [0.2, 0.25) is 0 Å². The molecule has 0 saturated heterocycles. The van der Waals surface area contributed by atoms with E-state index < -0.39 is 0 Å². The molecule has 106 valence electrons. The summed E-state index contributed by atoms with van der Waals surface area (Å²) < 4.78 is 7.20. The van der Waals surface area contributed by atoms with Crippen LogP contribution in [0.5, 0.6) is 0 Å². The molecule has 0 unspecified atom stereocenters. The molecule has 0 spiro atoms. The largest absolute Gasteiger partial charge is 0.459 e. The Hall–Kier alpha value is -2.75. The number of nitrogens with one attached hydrogen (secondary N) is 1. The smallest absolute Gasteiger partial charge is 0.287 e. The molecule has 2 aromatic heterocycles. The van der Waals surface area contributed by atoms with Crippen LogP contribution in [0.3, 0.4) is 0 Å². The number of nitrogens with zero attached hydrogens (tertiary/aromatic N) is 1. The lowest BCUT2D eigenvalue weighted by atomic mass is 10.2. The van der Waals surface area contributed by atoms with E-state index in [0.717, 1.165) is 12.2 Å². The monoisotopic (exact) mass is 280 g/mol. The van der Waals surface area contributed by atoms with E-state index in [1.54, 1.807) is 12.1 Å². The molecule has 0 fully saturated rings. The number of hydrogen-bond acceptors (Lipinski definition) is 2. The summed E-state index contributed by atoms with van der Waals surface area (Å²) in [5, 5.41) is 2.86. The maximum absolute atomic E-state index is 11.9. The van der Waals surface area contributed by atoms with E-state index >= 15 is 0 Å². The van der Waals surface area contributed by atoms with Crippen LogP contribution >= 0.6 is 0 Å². The standard InChI is InChI=1S/C17H16N2O2/c20-17(16-9-5-11-21-16)18-12-15-8-4-10-19(15)13-14-6-2-1-3-7-14/h1-11H,12-13H2,(H,18,20). The molecule has 0 saturated carbocycles. The minimum atomic E-state index is -0.201. The minimum Gasteiger partial charge on any atom is -0.459 e. The molecule has 0 atom stereocenters. The number of hydrogen-bond donors (Lipinski definition) is 1. The number of benzene rings is 1. The molecule has 0 bridgehead atoms. The van der Waals surface area contributed by atoms with E-state index in [1.807, 2.05) is 36.5 Å². The summed E-state index contributed by atoms with van der Waals surface area (Å²) in [5.41, 5.74) is 2.28. The third-order valence-electron chi connectivity index (χ3n) is 3.29. The molecule has 3 rings (SSSR count). The predicted octanol–water partition coefficient (Wildman–Crippen LogP) is 3.06. The summed E-state index contributed by atoms with van der Waals surface area (Å²) in [6, 6.07) is 17.6. The first-order valence-electron chi connectivity index (χ1n) is 6.82. The number of carbonyl (C=O) groups excluding carboxylic acids is 1. The molecule has 21 heavy (non-hydrogen) atoms. The molecule has 4 heteroatoms. The second-order valence-corrected chi connectivity index (χ2v) is 4.77. The van der Waals surface area contributed by atoms with Gasteiger partial charge in [0.25, 0.3) is 5.91 Å². The first-order valence-corrected chi connectivity index (χ1v) is 6.82. The third kappa shape index (κ3) is 3.23. The fourth-order valence-electron chi connectivity index (χ4n) is 2.21. The fourth-order valence-corrected chi connectivity index (χ4v) is 2.21. The Bertz CT molecular complexity index is 699. The summed E-state index contributed by atoms with van der Waals surface area (Å²) in [4.78, 5) is 11.9. The van der Waals surface area contributed by atoms with Gasteiger partial charge in [-0.3, -0.25) is 4.79 Å². The molecule has 1 amide bonds. The van der Waals surface area contributed by atoms with Crippen molar-refractivity contribution in [2.75, 3.05) is 0 Å². The van der Waals surface area contributed by atoms with Gasteiger partial charge in [0.1, 0.15) is 0 Å². The van der Waals surface area contributed by atoms with E-state index in [1.165, 1.54) is 11.8 Å². The van der Waals surface area contributed by atoms with E-state index in [9.17, 15) is 4.79 Å². The normalized spacial score (nSPS) is 10.5. The molecule has 0 radical (unpaired) electrons. The van der Waals surface area contributed by atoms with Gasteiger partial charge in [-0.25, -0.2) is 0 Å². The summed E-state index contributed by atoms with van der Waals surface area (Å²) in [5.74, 6) is 0.128. The van der Waals surface area contributed by atoms with Crippen LogP contribution in [0.15, 0.2) is 71.5 Å². The quantitative estimate of drug-likeness (QED) is 0.780. The average molecular weight is 280 g/mol. The number of amides is 1. The van der Waals surface area contributed by atoms with Crippen molar-refractivity contribution in [3.63, 3.8) is 0 Å². The van der Waals surface area contributed by atoms with Gasteiger partial charge >= 0.3 is 0 Å². The van der Waals surface area contributed by atoms with E-state index in [0.29, 0.717) is 12.3 Å². The third-order valence-corrected chi connectivity index (χ3v) is 3.29. The van der Waals surface area contributed by atoms with E-state index in [-0.39, 0.29) is 5.91 Å². The highest BCUT2D eigenvalue weighted by molar-refractivity contribution is 5.91. The van der Waals surface area contributed by atoms with Crippen molar-refractivity contribution in [3.8, 4) is 0 Å². The van der Waals surface area contributed by atoms with Crippen molar-refractivity contribution in [1.82, 2.24) is 9.88 Å². The van der Waals surface area contributed by atoms with Gasteiger partial charge < -0.3 is 14.3 Å². The summed E-state index contributed by atoms with van der Waals surface area (Å²) >= 11 is 0. The SMILES string of the molecule is O=C(NCc1cccn1Cc1ccccc1)c1ccco1. The van der Waals surface area contributed by atoms with Crippen LogP contribution in [0.25, 0.3) is 0 Å². The van der Waals surface area contributed by atoms with Crippen LogP contribution in [0.1, 0.15) is 21.8 Å². The predicted molar refractivity (Wildman–Crippen MR) is 79.9 cm³/mol. The minimum absolute atomic E-state index is 0.201. The average Bonchev–Trinajstić information content (AvgIpc) is 3.18. The molecule has 1 N–H and O–H groups in total. The van der Waals surface area contributed by atoms with E-state index in [4.69, 9.17) is 4.42 Å². The second-order valence-electron chi connectivity index (χ2n) is 4.77. The van der Waals surface area contributed by atoms with Gasteiger partial charge in [-0.1, -0.05) is 30.3 Å². The number of aromatic nitrogens is 1. The van der Waals surface area contributed by atoms with Crippen LogP contribution in [0.4, 0.5) is 0 Å². The van der Waals surface area contributed by atoms with Gasteiger partial charge in [0, 0.05) is 18.4 Å². The fraction of sp³-hybridized carbons (Fsp3) is 0.118. The van der Waals surface area contributed by atoms with Crippen molar-refractivity contribution in [1.29, 1.82) is 0 Å². The Morgan fingerprint density at radius 3 is 2.67 bits per heavy atom.